The zero-order valence-corrected chi connectivity index (χ0v) is 11.8. The second kappa shape index (κ2) is 5.21. The Bertz CT molecular complexity index is 595. The van der Waals surface area contributed by atoms with E-state index in [1.165, 1.54) is 11.6 Å². The predicted molar refractivity (Wildman–Crippen MR) is 77.1 cm³/mol. The minimum atomic E-state index is -0.251. The molecular weight excluding hydrogens is 309 g/mol. The van der Waals surface area contributed by atoms with Gasteiger partial charge < -0.3 is 10.1 Å². The predicted octanol–water partition coefficient (Wildman–Crippen LogP) is 4.14. The second-order valence-electron chi connectivity index (χ2n) is 4.49. The summed E-state index contributed by atoms with van der Waals surface area (Å²) in [5, 5.41) is 3.13. The zero-order valence-electron chi connectivity index (χ0n) is 10.2. The first-order valence-corrected chi connectivity index (χ1v) is 6.96. The molecule has 0 amide bonds. The van der Waals surface area contributed by atoms with Crippen LogP contribution in [0.2, 0.25) is 0 Å². The van der Waals surface area contributed by atoms with Gasteiger partial charge in [0.1, 0.15) is 11.6 Å². The Labute approximate surface area is 119 Å². The van der Waals surface area contributed by atoms with E-state index < -0.39 is 0 Å². The Morgan fingerprint density at radius 2 is 2.16 bits per heavy atom. The van der Waals surface area contributed by atoms with Gasteiger partial charge in [-0.15, -0.1) is 0 Å². The molecule has 0 fully saturated rings. The van der Waals surface area contributed by atoms with Crippen molar-refractivity contribution < 1.29 is 9.13 Å². The first-order valence-electron chi connectivity index (χ1n) is 6.16. The van der Waals surface area contributed by atoms with E-state index in [4.69, 9.17) is 4.74 Å². The largest absolute Gasteiger partial charge is 0.493 e. The van der Waals surface area contributed by atoms with Crippen molar-refractivity contribution in [2.45, 2.75) is 13.0 Å². The highest BCUT2D eigenvalue weighted by Crippen LogP contribution is 2.28. The summed E-state index contributed by atoms with van der Waals surface area (Å²) < 4.78 is 19.9. The number of para-hydroxylation sites is 1. The number of hydrogen-bond acceptors (Lipinski definition) is 2. The molecule has 1 N–H and O–H groups in total. The molecule has 98 valence electrons. The van der Waals surface area contributed by atoms with E-state index in [0.717, 1.165) is 28.8 Å². The molecule has 0 saturated carbocycles. The first kappa shape index (κ1) is 12.5. The van der Waals surface area contributed by atoms with E-state index in [9.17, 15) is 4.39 Å². The van der Waals surface area contributed by atoms with Crippen molar-refractivity contribution in [3.8, 4) is 5.75 Å². The molecular formula is C15H13BrFNO. The standard InChI is InChI=1S/C15H13BrFNO/c16-12-2-1-3-13(17)15(12)18-9-10-4-5-14-11(8-10)6-7-19-14/h1-5,8,18H,6-7,9H2. The fourth-order valence-electron chi connectivity index (χ4n) is 2.21. The van der Waals surface area contributed by atoms with Gasteiger partial charge in [-0.3, -0.25) is 0 Å². The lowest BCUT2D eigenvalue weighted by molar-refractivity contribution is 0.357. The van der Waals surface area contributed by atoms with Crippen LogP contribution in [0.15, 0.2) is 40.9 Å². The van der Waals surface area contributed by atoms with Crippen molar-refractivity contribution >= 4 is 21.6 Å². The number of benzene rings is 2. The maximum absolute atomic E-state index is 13.7. The van der Waals surface area contributed by atoms with Crippen LogP contribution in [0, 0.1) is 5.82 Å². The first-order chi connectivity index (χ1) is 9.24. The SMILES string of the molecule is Fc1cccc(Br)c1NCc1ccc2c(c1)CCO2. The number of anilines is 1. The van der Waals surface area contributed by atoms with Gasteiger partial charge in [-0.05, 0) is 45.3 Å². The molecule has 2 aromatic rings. The van der Waals surface area contributed by atoms with Gasteiger partial charge in [-0.2, -0.15) is 0 Å². The van der Waals surface area contributed by atoms with E-state index in [1.807, 2.05) is 18.2 Å². The zero-order chi connectivity index (χ0) is 13.2. The summed E-state index contributed by atoms with van der Waals surface area (Å²) in [7, 11) is 0. The maximum atomic E-state index is 13.7. The minimum Gasteiger partial charge on any atom is -0.493 e. The third-order valence-electron chi connectivity index (χ3n) is 3.19. The quantitative estimate of drug-likeness (QED) is 0.917. The molecule has 0 radical (unpaired) electrons. The molecule has 0 unspecified atom stereocenters. The van der Waals surface area contributed by atoms with Crippen molar-refractivity contribution in [3.63, 3.8) is 0 Å². The third kappa shape index (κ3) is 2.59. The van der Waals surface area contributed by atoms with E-state index in [2.05, 4.69) is 27.3 Å². The van der Waals surface area contributed by atoms with Gasteiger partial charge in [0.15, 0.2) is 0 Å². The molecule has 19 heavy (non-hydrogen) atoms. The summed E-state index contributed by atoms with van der Waals surface area (Å²) in [6.45, 7) is 1.35. The van der Waals surface area contributed by atoms with Gasteiger partial charge in [0.05, 0.1) is 12.3 Å². The van der Waals surface area contributed by atoms with Gasteiger partial charge in [0.25, 0.3) is 0 Å². The van der Waals surface area contributed by atoms with Crippen LogP contribution >= 0.6 is 15.9 Å². The molecule has 0 saturated heterocycles. The van der Waals surface area contributed by atoms with Gasteiger partial charge in [0.2, 0.25) is 0 Å². The van der Waals surface area contributed by atoms with Crippen molar-refractivity contribution in [1.29, 1.82) is 0 Å². The number of fused-ring (bicyclic) bond motifs is 1. The van der Waals surface area contributed by atoms with E-state index in [-0.39, 0.29) is 5.82 Å². The van der Waals surface area contributed by atoms with Gasteiger partial charge >= 0.3 is 0 Å². The van der Waals surface area contributed by atoms with Crippen molar-refractivity contribution in [1.82, 2.24) is 0 Å². The lowest BCUT2D eigenvalue weighted by Crippen LogP contribution is -2.02. The van der Waals surface area contributed by atoms with Crippen molar-refractivity contribution in [3.05, 3.63) is 57.8 Å². The summed E-state index contributed by atoms with van der Waals surface area (Å²) in [4.78, 5) is 0. The number of ether oxygens (including phenoxy) is 1. The fraction of sp³-hybridized carbons (Fsp3) is 0.200. The summed E-state index contributed by atoms with van der Waals surface area (Å²) in [6, 6.07) is 11.1. The molecule has 4 heteroatoms. The highest BCUT2D eigenvalue weighted by Gasteiger charge is 2.12. The lowest BCUT2D eigenvalue weighted by Gasteiger charge is -2.10. The third-order valence-corrected chi connectivity index (χ3v) is 3.85. The van der Waals surface area contributed by atoms with Crippen LogP contribution in [0.25, 0.3) is 0 Å². The van der Waals surface area contributed by atoms with Crippen LogP contribution in [0.1, 0.15) is 11.1 Å². The maximum Gasteiger partial charge on any atom is 0.147 e. The average molecular weight is 322 g/mol. The van der Waals surface area contributed by atoms with Crippen molar-refractivity contribution in [2.75, 3.05) is 11.9 Å². The Kier molecular flexibility index (Phi) is 3.42. The molecule has 0 bridgehead atoms. The summed E-state index contributed by atoms with van der Waals surface area (Å²) in [6.07, 6.45) is 0.951. The lowest BCUT2D eigenvalue weighted by atomic mass is 10.1. The monoisotopic (exact) mass is 321 g/mol. The van der Waals surface area contributed by atoms with Crippen LogP contribution in [0.3, 0.4) is 0 Å². The van der Waals surface area contributed by atoms with E-state index >= 15 is 0 Å². The van der Waals surface area contributed by atoms with Crippen LogP contribution in [-0.4, -0.2) is 6.61 Å². The van der Waals surface area contributed by atoms with Crippen LogP contribution in [0.5, 0.6) is 5.75 Å². The molecule has 0 aromatic heterocycles. The number of hydrogen-bond donors (Lipinski definition) is 1. The molecule has 2 nitrogen and oxygen atoms in total. The molecule has 1 aliphatic heterocycles. The normalized spacial score (nSPS) is 12.9. The van der Waals surface area contributed by atoms with Gasteiger partial charge in [0, 0.05) is 17.4 Å². The molecule has 0 spiro atoms. The molecule has 1 heterocycles. The second-order valence-corrected chi connectivity index (χ2v) is 5.35. The topological polar surface area (TPSA) is 21.3 Å². The summed E-state index contributed by atoms with van der Waals surface area (Å²) >= 11 is 3.35. The number of rotatable bonds is 3. The van der Waals surface area contributed by atoms with E-state index in [0.29, 0.717) is 12.2 Å². The minimum absolute atomic E-state index is 0.251. The van der Waals surface area contributed by atoms with Crippen LogP contribution in [-0.2, 0) is 13.0 Å². The summed E-state index contributed by atoms with van der Waals surface area (Å²) in [5.74, 6) is 0.717. The molecule has 2 aromatic carbocycles. The Morgan fingerprint density at radius 3 is 3.00 bits per heavy atom. The van der Waals surface area contributed by atoms with Crippen LogP contribution in [0.4, 0.5) is 10.1 Å². The highest BCUT2D eigenvalue weighted by atomic mass is 79.9. The summed E-state index contributed by atoms with van der Waals surface area (Å²) in [5.41, 5.74) is 2.85. The number of nitrogens with one attached hydrogen (secondary N) is 1. The molecule has 3 rings (SSSR count). The van der Waals surface area contributed by atoms with Crippen LogP contribution < -0.4 is 10.1 Å². The Hall–Kier alpha value is -1.55. The fourth-order valence-corrected chi connectivity index (χ4v) is 2.69. The Balaban J connectivity index is 1.76. The Morgan fingerprint density at radius 1 is 1.26 bits per heavy atom. The smallest absolute Gasteiger partial charge is 0.147 e. The van der Waals surface area contributed by atoms with E-state index in [1.54, 1.807) is 6.07 Å². The average Bonchev–Trinajstić information content (AvgIpc) is 2.85. The highest BCUT2D eigenvalue weighted by molar-refractivity contribution is 9.10. The molecule has 1 aliphatic rings. The van der Waals surface area contributed by atoms with Gasteiger partial charge in [-0.1, -0.05) is 18.2 Å². The van der Waals surface area contributed by atoms with Gasteiger partial charge in [-0.25, -0.2) is 4.39 Å². The van der Waals surface area contributed by atoms with Crippen molar-refractivity contribution in [2.24, 2.45) is 0 Å². The molecule has 0 aliphatic carbocycles. The number of halogens is 2. The molecule has 0 atom stereocenters.